The first-order valence-electron chi connectivity index (χ1n) is 6.76. The number of aliphatic hydroxyl groups is 1. The third kappa shape index (κ3) is 6.07. The summed E-state index contributed by atoms with van der Waals surface area (Å²) in [5.41, 5.74) is -0.762. The highest BCUT2D eigenvalue weighted by Crippen LogP contribution is 2.31. The Balaban J connectivity index is 2.61. The molecule has 1 N–H and O–H groups in total. The highest BCUT2D eigenvalue weighted by molar-refractivity contribution is 5.69. The lowest BCUT2D eigenvalue weighted by atomic mass is 10.1. The van der Waals surface area contributed by atoms with Crippen LogP contribution in [0.5, 0.6) is 0 Å². The van der Waals surface area contributed by atoms with Gasteiger partial charge in [0, 0.05) is 12.5 Å². The van der Waals surface area contributed by atoms with Crippen molar-refractivity contribution in [3.05, 3.63) is 0 Å². The second kappa shape index (κ2) is 6.37. The Morgan fingerprint density at radius 2 is 1.86 bits per heavy atom. The van der Waals surface area contributed by atoms with Crippen molar-refractivity contribution in [2.24, 2.45) is 0 Å². The van der Waals surface area contributed by atoms with Gasteiger partial charge in [-0.05, 0) is 33.6 Å². The minimum absolute atomic E-state index is 0.185. The van der Waals surface area contributed by atoms with E-state index in [1.54, 1.807) is 20.8 Å². The molecule has 0 saturated heterocycles. The van der Waals surface area contributed by atoms with Crippen LogP contribution in [0.15, 0.2) is 0 Å². The van der Waals surface area contributed by atoms with Gasteiger partial charge in [-0.15, -0.1) is 0 Å². The molecule has 1 amide bonds. The van der Waals surface area contributed by atoms with E-state index in [4.69, 9.17) is 4.74 Å². The maximum Gasteiger partial charge on any atom is 0.410 e. The van der Waals surface area contributed by atoms with Crippen molar-refractivity contribution < 1.29 is 32.2 Å². The number of amides is 1. The number of hydrogen-bond acceptors (Lipinski definition) is 3. The first-order valence-corrected chi connectivity index (χ1v) is 6.76. The number of aliphatic hydroxyl groups excluding tert-OH is 1. The van der Waals surface area contributed by atoms with Gasteiger partial charge in [-0.3, -0.25) is 0 Å². The highest BCUT2D eigenvalue weighted by atomic mass is 19.3. The fourth-order valence-corrected chi connectivity index (χ4v) is 1.77. The normalized spacial score (nSPS) is 17.8. The quantitative estimate of drug-likeness (QED) is 0.767. The van der Waals surface area contributed by atoms with Crippen LogP contribution in [0.3, 0.4) is 0 Å². The maximum atomic E-state index is 12.9. The lowest BCUT2D eigenvalue weighted by Gasteiger charge is -2.29. The molecular weight excluding hydrogens is 294 g/mol. The zero-order valence-corrected chi connectivity index (χ0v) is 12.3. The van der Waals surface area contributed by atoms with Gasteiger partial charge in [0.1, 0.15) is 5.60 Å². The third-order valence-corrected chi connectivity index (χ3v) is 2.85. The van der Waals surface area contributed by atoms with Crippen LogP contribution in [0.25, 0.3) is 0 Å². The number of carbonyl (C=O) groups is 1. The summed E-state index contributed by atoms with van der Waals surface area (Å²) < 4.78 is 55.1. The molecular formula is C13H21F4NO3. The van der Waals surface area contributed by atoms with E-state index in [9.17, 15) is 27.5 Å². The van der Waals surface area contributed by atoms with Crippen molar-refractivity contribution in [1.29, 1.82) is 0 Å². The van der Waals surface area contributed by atoms with E-state index in [1.165, 1.54) is 0 Å². The van der Waals surface area contributed by atoms with Crippen molar-refractivity contribution in [2.45, 2.75) is 70.1 Å². The summed E-state index contributed by atoms with van der Waals surface area (Å²) in [6, 6.07) is -0.185. The van der Waals surface area contributed by atoms with Crippen LogP contribution in [0.4, 0.5) is 22.4 Å². The van der Waals surface area contributed by atoms with Crippen LogP contribution < -0.4 is 0 Å². The number of nitrogens with zero attached hydrogens (tertiary/aromatic N) is 1. The highest BCUT2D eigenvalue weighted by Gasteiger charge is 2.44. The van der Waals surface area contributed by atoms with E-state index in [2.05, 4.69) is 0 Å². The summed E-state index contributed by atoms with van der Waals surface area (Å²) in [6.45, 7) is 4.51. The molecule has 0 aromatic heterocycles. The summed E-state index contributed by atoms with van der Waals surface area (Å²) >= 11 is 0. The standard InChI is InChI=1S/C13H21F4NO3/c1-12(2,3)21-11(20)18(8-4-5-8)7-9(19)6-13(16,17)10(14)15/h8-10,19H,4-7H2,1-3H3. The minimum atomic E-state index is -4.28. The average Bonchev–Trinajstić information content (AvgIpc) is 3.05. The Kier molecular flexibility index (Phi) is 5.46. The second-order valence-corrected chi connectivity index (χ2v) is 6.28. The molecule has 0 heterocycles. The fraction of sp³-hybridized carbons (Fsp3) is 0.923. The van der Waals surface area contributed by atoms with E-state index >= 15 is 0 Å². The fourth-order valence-electron chi connectivity index (χ4n) is 1.77. The summed E-state index contributed by atoms with van der Waals surface area (Å²) in [7, 11) is 0. The Morgan fingerprint density at radius 1 is 1.33 bits per heavy atom. The molecule has 21 heavy (non-hydrogen) atoms. The molecule has 0 radical (unpaired) electrons. The second-order valence-electron chi connectivity index (χ2n) is 6.28. The van der Waals surface area contributed by atoms with E-state index in [0.717, 1.165) is 4.90 Å². The summed E-state index contributed by atoms with van der Waals surface area (Å²) in [5.74, 6) is -4.28. The van der Waals surface area contributed by atoms with Gasteiger partial charge < -0.3 is 14.7 Å². The maximum absolute atomic E-state index is 12.9. The van der Waals surface area contributed by atoms with Gasteiger partial charge in [0.15, 0.2) is 0 Å². The number of alkyl halides is 4. The molecule has 1 atom stereocenters. The molecule has 0 aromatic carbocycles. The van der Waals surface area contributed by atoms with Crippen LogP contribution in [-0.4, -0.2) is 52.7 Å². The van der Waals surface area contributed by atoms with Gasteiger partial charge in [0.25, 0.3) is 0 Å². The minimum Gasteiger partial charge on any atom is -0.444 e. The molecule has 1 fully saturated rings. The molecule has 1 unspecified atom stereocenters. The van der Waals surface area contributed by atoms with E-state index in [1.807, 2.05) is 0 Å². The summed E-state index contributed by atoms with van der Waals surface area (Å²) in [4.78, 5) is 13.1. The molecule has 0 bridgehead atoms. The molecule has 8 heteroatoms. The first-order chi connectivity index (χ1) is 9.42. The number of carbonyl (C=O) groups excluding carboxylic acids is 1. The molecule has 1 rings (SSSR count). The van der Waals surface area contributed by atoms with Gasteiger partial charge in [0.2, 0.25) is 0 Å². The number of ether oxygens (including phenoxy) is 1. The van der Waals surface area contributed by atoms with Gasteiger partial charge in [-0.2, -0.15) is 0 Å². The number of rotatable bonds is 6. The van der Waals surface area contributed by atoms with Crippen LogP contribution in [0.2, 0.25) is 0 Å². The molecule has 1 aliphatic rings. The van der Waals surface area contributed by atoms with E-state index in [0.29, 0.717) is 12.8 Å². The van der Waals surface area contributed by atoms with Crippen LogP contribution in [0.1, 0.15) is 40.0 Å². The van der Waals surface area contributed by atoms with E-state index < -0.39 is 43.1 Å². The van der Waals surface area contributed by atoms with Crippen molar-refractivity contribution in [3.63, 3.8) is 0 Å². The lowest BCUT2D eigenvalue weighted by molar-refractivity contribution is -0.150. The van der Waals surface area contributed by atoms with Crippen LogP contribution in [-0.2, 0) is 4.74 Å². The molecule has 0 aromatic rings. The zero-order valence-electron chi connectivity index (χ0n) is 12.3. The van der Waals surface area contributed by atoms with Gasteiger partial charge >= 0.3 is 18.4 Å². The Labute approximate surface area is 121 Å². The Hall–Kier alpha value is -1.05. The lowest BCUT2D eigenvalue weighted by Crippen LogP contribution is -2.44. The smallest absolute Gasteiger partial charge is 0.410 e. The first kappa shape index (κ1) is 18.0. The summed E-state index contributed by atoms with van der Waals surface area (Å²) in [6.07, 6.45) is -6.35. The number of hydrogen-bond donors (Lipinski definition) is 1. The topological polar surface area (TPSA) is 49.8 Å². The molecule has 124 valence electrons. The number of halogens is 4. The summed E-state index contributed by atoms with van der Waals surface area (Å²) in [5, 5.41) is 9.57. The largest absolute Gasteiger partial charge is 0.444 e. The molecule has 1 saturated carbocycles. The van der Waals surface area contributed by atoms with Gasteiger partial charge in [-0.25, -0.2) is 22.4 Å². The Morgan fingerprint density at radius 3 is 2.24 bits per heavy atom. The SMILES string of the molecule is CC(C)(C)OC(=O)N(CC(O)CC(F)(F)C(F)F)C1CC1. The molecule has 4 nitrogen and oxygen atoms in total. The molecule has 1 aliphatic carbocycles. The van der Waals surface area contributed by atoms with Crippen LogP contribution in [0, 0.1) is 0 Å². The predicted molar refractivity (Wildman–Crippen MR) is 67.5 cm³/mol. The van der Waals surface area contributed by atoms with Gasteiger partial charge in [-0.1, -0.05) is 0 Å². The van der Waals surface area contributed by atoms with Crippen molar-refractivity contribution in [2.75, 3.05) is 6.54 Å². The Bertz CT molecular complexity index is 367. The zero-order chi connectivity index (χ0) is 16.4. The third-order valence-electron chi connectivity index (χ3n) is 2.85. The monoisotopic (exact) mass is 315 g/mol. The van der Waals surface area contributed by atoms with Gasteiger partial charge in [0.05, 0.1) is 12.6 Å². The van der Waals surface area contributed by atoms with Crippen molar-refractivity contribution >= 4 is 6.09 Å². The van der Waals surface area contributed by atoms with Crippen molar-refractivity contribution in [3.8, 4) is 0 Å². The van der Waals surface area contributed by atoms with E-state index in [-0.39, 0.29) is 6.04 Å². The predicted octanol–water partition coefficient (Wildman–Crippen LogP) is 3.04. The molecule has 0 spiro atoms. The molecule has 0 aliphatic heterocycles. The van der Waals surface area contributed by atoms with Crippen molar-refractivity contribution in [1.82, 2.24) is 4.90 Å². The van der Waals surface area contributed by atoms with Crippen LogP contribution >= 0.6 is 0 Å². The average molecular weight is 315 g/mol.